The summed E-state index contributed by atoms with van der Waals surface area (Å²) in [5, 5.41) is 2.88. The Bertz CT molecular complexity index is 1000. The van der Waals surface area contributed by atoms with Crippen LogP contribution in [0.5, 0.6) is 0 Å². The van der Waals surface area contributed by atoms with Crippen molar-refractivity contribution in [1.29, 1.82) is 0 Å². The number of amides is 1. The number of likely N-dealkylation sites (N-methyl/N-ethyl adjacent to an activating group) is 1. The fourth-order valence-corrected chi connectivity index (χ4v) is 4.10. The topological polar surface area (TPSA) is 62.5 Å². The van der Waals surface area contributed by atoms with Crippen molar-refractivity contribution < 1.29 is 4.79 Å². The molecule has 0 radical (unpaired) electrons. The van der Waals surface area contributed by atoms with E-state index in [-0.39, 0.29) is 11.6 Å². The normalized spacial score (nSPS) is 21.4. The fraction of sp³-hybridized carbons (Fsp3) is 0.524. The Morgan fingerprint density at radius 1 is 1.14 bits per heavy atom. The van der Waals surface area contributed by atoms with E-state index in [0.29, 0.717) is 13.0 Å². The molecule has 0 saturated carbocycles. The lowest BCUT2D eigenvalue weighted by atomic mass is 10.1. The summed E-state index contributed by atoms with van der Waals surface area (Å²) in [5.74, 6) is 6.46. The van der Waals surface area contributed by atoms with Gasteiger partial charge in [0.1, 0.15) is 6.04 Å². The molecule has 2 saturated heterocycles. The molecule has 1 aromatic carbocycles. The van der Waals surface area contributed by atoms with E-state index >= 15 is 0 Å². The number of fused-ring (bicyclic) bond motifs is 1. The lowest BCUT2D eigenvalue weighted by Gasteiger charge is -2.30. The molecule has 148 valence electrons. The van der Waals surface area contributed by atoms with Crippen LogP contribution < -0.4 is 11.0 Å². The highest BCUT2D eigenvalue weighted by Gasteiger charge is 2.28. The highest BCUT2D eigenvalue weighted by atomic mass is 16.2. The number of piperidine rings is 1. The first-order valence-electron chi connectivity index (χ1n) is 9.93. The number of piperazine rings is 1. The average molecular weight is 381 g/mol. The zero-order chi connectivity index (χ0) is 19.7. The first kappa shape index (κ1) is 18.8. The number of aryl methyl sites for hydroxylation is 1. The summed E-state index contributed by atoms with van der Waals surface area (Å²) in [4.78, 5) is 29.9. The molecule has 3 heterocycles. The summed E-state index contributed by atoms with van der Waals surface area (Å²) in [6, 6.07) is 5.33. The zero-order valence-corrected chi connectivity index (χ0v) is 16.6. The Balaban J connectivity index is 1.66. The number of hydrogen-bond donors (Lipinski definition) is 1. The maximum Gasteiger partial charge on any atom is 0.329 e. The monoisotopic (exact) mass is 381 g/mol. The van der Waals surface area contributed by atoms with Gasteiger partial charge in [-0.1, -0.05) is 17.9 Å². The van der Waals surface area contributed by atoms with Crippen molar-refractivity contribution in [1.82, 2.24) is 24.3 Å². The number of aromatic nitrogens is 2. The Kier molecular flexibility index (Phi) is 5.25. The molecule has 0 aliphatic carbocycles. The second-order valence-electron chi connectivity index (χ2n) is 7.72. The van der Waals surface area contributed by atoms with E-state index in [9.17, 15) is 9.59 Å². The van der Waals surface area contributed by atoms with Gasteiger partial charge in [-0.25, -0.2) is 4.79 Å². The van der Waals surface area contributed by atoms with E-state index in [1.54, 1.807) is 16.2 Å². The van der Waals surface area contributed by atoms with Gasteiger partial charge < -0.3 is 10.2 Å². The summed E-state index contributed by atoms with van der Waals surface area (Å²) in [6.07, 6.45) is 1.56. The van der Waals surface area contributed by atoms with Crippen molar-refractivity contribution in [2.45, 2.75) is 18.9 Å². The van der Waals surface area contributed by atoms with Crippen LogP contribution in [0.25, 0.3) is 11.0 Å². The van der Waals surface area contributed by atoms with Gasteiger partial charge in [0, 0.05) is 39.8 Å². The fourth-order valence-electron chi connectivity index (χ4n) is 4.10. The van der Waals surface area contributed by atoms with E-state index in [2.05, 4.69) is 34.0 Å². The van der Waals surface area contributed by atoms with Crippen molar-refractivity contribution in [2.24, 2.45) is 7.05 Å². The summed E-state index contributed by atoms with van der Waals surface area (Å²) >= 11 is 0. The number of hydrogen-bond acceptors (Lipinski definition) is 4. The first-order chi connectivity index (χ1) is 13.6. The minimum Gasteiger partial charge on any atom is -0.354 e. The number of carbonyl (C=O) groups is 1. The highest BCUT2D eigenvalue weighted by molar-refractivity contribution is 5.87. The van der Waals surface area contributed by atoms with Gasteiger partial charge >= 0.3 is 5.69 Å². The molecule has 2 aliphatic rings. The van der Waals surface area contributed by atoms with Gasteiger partial charge in [-0.2, -0.15) is 0 Å². The van der Waals surface area contributed by atoms with Crippen LogP contribution in [0.2, 0.25) is 0 Å². The number of rotatable bonds is 2. The second kappa shape index (κ2) is 7.82. The van der Waals surface area contributed by atoms with Crippen LogP contribution in [0.1, 0.15) is 24.4 Å². The molecule has 2 aliphatic heterocycles. The van der Waals surface area contributed by atoms with Gasteiger partial charge in [-0.15, -0.1) is 0 Å². The highest BCUT2D eigenvalue weighted by Crippen LogP contribution is 2.24. The Morgan fingerprint density at radius 2 is 1.93 bits per heavy atom. The molecule has 7 nitrogen and oxygen atoms in total. The molecule has 1 atom stereocenters. The smallest absolute Gasteiger partial charge is 0.329 e. The molecule has 1 N–H and O–H groups in total. The summed E-state index contributed by atoms with van der Waals surface area (Å²) in [5.41, 5.74) is 2.25. The molecule has 2 aromatic rings. The van der Waals surface area contributed by atoms with Crippen molar-refractivity contribution >= 4 is 16.9 Å². The van der Waals surface area contributed by atoms with E-state index in [1.807, 2.05) is 18.2 Å². The first-order valence-corrected chi connectivity index (χ1v) is 9.93. The van der Waals surface area contributed by atoms with Crippen molar-refractivity contribution in [3.63, 3.8) is 0 Å². The predicted molar refractivity (Wildman–Crippen MR) is 109 cm³/mol. The molecular weight excluding hydrogens is 354 g/mol. The average Bonchev–Trinajstić information content (AvgIpc) is 2.95. The summed E-state index contributed by atoms with van der Waals surface area (Å²) in [6.45, 7) is 5.60. The van der Waals surface area contributed by atoms with E-state index in [0.717, 1.165) is 55.7 Å². The minimum absolute atomic E-state index is 0.0765. The van der Waals surface area contributed by atoms with Gasteiger partial charge in [0.25, 0.3) is 0 Å². The number of carbonyl (C=O) groups excluding carboxylic acids is 1. The quantitative estimate of drug-likeness (QED) is 0.765. The van der Waals surface area contributed by atoms with Crippen molar-refractivity contribution in [3.05, 3.63) is 34.2 Å². The molecule has 1 aromatic heterocycles. The Morgan fingerprint density at radius 3 is 2.68 bits per heavy atom. The van der Waals surface area contributed by atoms with Gasteiger partial charge in [0.05, 0.1) is 23.1 Å². The molecule has 2 fully saturated rings. The van der Waals surface area contributed by atoms with Gasteiger partial charge in [-0.3, -0.25) is 18.8 Å². The third-order valence-corrected chi connectivity index (χ3v) is 5.79. The van der Waals surface area contributed by atoms with Crippen LogP contribution in [-0.4, -0.2) is 71.2 Å². The Labute approximate surface area is 164 Å². The number of para-hydroxylation sites is 1. The van der Waals surface area contributed by atoms with Crippen LogP contribution in [0.4, 0.5) is 0 Å². The van der Waals surface area contributed by atoms with Gasteiger partial charge in [-0.05, 0) is 32.0 Å². The predicted octanol–water partition coefficient (Wildman–Crippen LogP) is 0.390. The molecule has 1 unspecified atom stereocenters. The zero-order valence-electron chi connectivity index (χ0n) is 16.6. The minimum atomic E-state index is -0.446. The van der Waals surface area contributed by atoms with Gasteiger partial charge in [0.2, 0.25) is 5.91 Å². The number of benzene rings is 1. The van der Waals surface area contributed by atoms with Crippen LogP contribution >= 0.6 is 0 Å². The lowest BCUT2D eigenvalue weighted by Crippen LogP contribution is -2.44. The van der Waals surface area contributed by atoms with Crippen molar-refractivity contribution in [3.8, 4) is 11.8 Å². The maximum absolute atomic E-state index is 12.9. The summed E-state index contributed by atoms with van der Waals surface area (Å²) in [7, 11) is 3.90. The SMILES string of the molecule is CN1CCN(CC#Cc2cccc3c2n(C)c(=O)n3C2CCCNC2=O)CC1. The molecule has 0 bridgehead atoms. The van der Waals surface area contributed by atoms with Gasteiger partial charge in [0.15, 0.2) is 0 Å². The van der Waals surface area contributed by atoms with Crippen molar-refractivity contribution in [2.75, 3.05) is 46.3 Å². The molecule has 28 heavy (non-hydrogen) atoms. The number of nitrogens with zero attached hydrogens (tertiary/aromatic N) is 4. The Hall–Kier alpha value is -2.56. The third-order valence-electron chi connectivity index (χ3n) is 5.79. The number of nitrogens with one attached hydrogen (secondary N) is 1. The summed E-state index contributed by atoms with van der Waals surface area (Å²) < 4.78 is 3.26. The molecular formula is C21H27N5O2. The maximum atomic E-state index is 12.9. The largest absolute Gasteiger partial charge is 0.354 e. The van der Waals surface area contributed by atoms with E-state index < -0.39 is 6.04 Å². The van der Waals surface area contributed by atoms with E-state index in [1.165, 1.54) is 0 Å². The standard InChI is InChI=1S/C21H27N5O2/c1-23-12-14-25(15-13-23)11-5-7-16-6-3-8-17-19(16)24(2)21(28)26(17)18-9-4-10-22-20(18)27/h3,6,8,18H,4,9-15H2,1-2H3,(H,22,27). The van der Waals surface area contributed by atoms with Crippen LogP contribution in [0, 0.1) is 11.8 Å². The third kappa shape index (κ3) is 3.46. The van der Waals surface area contributed by atoms with Crippen LogP contribution in [0.15, 0.2) is 23.0 Å². The lowest BCUT2D eigenvalue weighted by molar-refractivity contribution is -0.125. The van der Waals surface area contributed by atoms with E-state index in [4.69, 9.17) is 0 Å². The molecule has 4 rings (SSSR count). The molecule has 7 heteroatoms. The second-order valence-corrected chi connectivity index (χ2v) is 7.72. The van der Waals surface area contributed by atoms with Crippen LogP contribution in [0.3, 0.4) is 0 Å². The van der Waals surface area contributed by atoms with Crippen LogP contribution in [-0.2, 0) is 11.8 Å². The number of imidazole rings is 1. The molecule has 0 spiro atoms. The molecule has 1 amide bonds.